The van der Waals surface area contributed by atoms with Gasteiger partial charge in [0.25, 0.3) is 0 Å². The van der Waals surface area contributed by atoms with Gasteiger partial charge in [-0.3, -0.25) is 4.79 Å². The minimum atomic E-state index is -0.866. The molecule has 0 atom stereocenters. The molecule has 0 aromatic heterocycles. The van der Waals surface area contributed by atoms with Gasteiger partial charge in [0.2, 0.25) is 0 Å². The molecular formula is C10H12FNO2. The predicted octanol–water partition coefficient (Wildman–Crippen LogP) is 1.82. The molecule has 0 heterocycles. The van der Waals surface area contributed by atoms with Gasteiger partial charge in [0, 0.05) is 6.42 Å². The van der Waals surface area contributed by atoms with Crippen LogP contribution in [0.3, 0.4) is 0 Å². The number of benzene rings is 1. The molecule has 1 rings (SSSR count). The molecule has 0 saturated carbocycles. The van der Waals surface area contributed by atoms with Gasteiger partial charge in [-0.25, -0.2) is 4.39 Å². The van der Waals surface area contributed by atoms with E-state index in [-0.39, 0.29) is 12.1 Å². The number of halogens is 1. The molecule has 76 valence electrons. The van der Waals surface area contributed by atoms with Gasteiger partial charge < -0.3 is 10.8 Å². The second-order valence-electron chi connectivity index (χ2n) is 3.07. The quantitative estimate of drug-likeness (QED) is 0.723. The zero-order chi connectivity index (χ0) is 10.6. The van der Waals surface area contributed by atoms with E-state index in [0.717, 1.165) is 0 Å². The summed E-state index contributed by atoms with van der Waals surface area (Å²) in [5, 5.41) is 8.40. The minimum Gasteiger partial charge on any atom is -0.481 e. The number of carbonyl (C=O) groups is 1. The maximum absolute atomic E-state index is 13.3. The van der Waals surface area contributed by atoms with Crippen LogP contribution in [0.25, 0.3) is 0 Å². The number of nitrogens with two attached hydrogens (primary N) is 1. The van der Waals surface area contributed by atoms with E-state index in [1.807, 2.05) is 0 Å². The number of hydrogen-bond donors (Lipinski definition) is 2. The number of nitrogen functional groups attached to an aromatic ring is 1. The monoisotopic (exact) mass is 197 g/mol. The van der Waals surface area contributed by atoms with Crippen LogP contribution >= 0.6 is 0 Å². The van der Waals surface area contributed by atoms with Crippen molar-refractivity contribution in [1.29, 1.82) is 0 Å². The Bertz CT molecular complexity index is 339. The first-order valence-corrected chi connectivity index (χ1v) is 4.36. The fourth-order valence-corrected chi connectivity index (χ4v) is 1.22. The number of aliphatic carboxylic acids is 1. The summed E-state index contributed by atoms with van der Waals surface area (Å²) in [5.41, 5.74) is 5.95. The lowest BCUT2D eigenvalue weighted by atomic mass is 10.1. The Hall–Kier alpha value is -1.58. The largest absolute Gasteiger partial charge is 0.481 e. The van der Waals surface area contributed by atoms with Gasteiger partial charge in [-0.2, -0.15) is 0 Å². The molecule has 3 nitrogen and oxygen atoms in total. The minimum absolute atomic E-state index is 0.0498. The maximum Gasteiger partial charge on any atom is 0.303 e. The van der Waals surface area contributed by atoms with Crippen molar-refractivity contribution in [2.45, 2.75) is 19.3 Å². The first kappa shape index (κ1) is 10.5. The SMILES string of the molecule is Nc1cccc(CCCC(=O)O)c1F. The number of aryl methyl sites for hydroxylation is 1. The van der Waals surface area contributed by atoms with Gasteiger partial charge in [-0.1, -0.05) is 12.1 Å². The fraction of sp³-hybridized carbons (Fsp3) is 0.300. The predicted molar refractivity (Wildman–Crippen MR) is 51.4 cm³/mol. The summed E-state index contributed by atoms with van der Waals surface area (Å²) in [6, 6.07) is 4.76. The lowest BCUT2D eigenvalue weighted by Gasteiger charge is -2.03. The number of anilines is 1. The van der Waals surface area contributed by atoms with Crippen LogP contribution in [0.1, 0.15) is 18.4 Å². The zero-order valence-electron chi connectivity index (χ0n) is 7.66. The smallest absolute Gasteiger partial charge is 0.303 e. The number of carboxylic acids is 1. The van der Waals surface area contributed by atoms with Gasteiger partial charge in [-0.15, -0.1) is 0 Å². The van der Waals surface area contributed by atoms with E-state index < -0.39 is 11.8 Å². The average molecular weight is 197 g/mol. The Balaban J connectivity index is 2.59. The van der Waals surface area contributed by atoms with Crippen molar-refractivity contribution in [2.24, 2.45) is 0 Å². The first-order valence-electron chi connectivity index (χ1n) is 4.36. The highest BCUT2D eigenvalue weighted by atomic mass is 19.1. The van der Waals surface area contributed by atoms with Crippen molar-refractivity contribution in [3.63, 3.8) is 0 Å². The van der Waals surface area contributed by atoms with Crippen LogP contribution < -0.4 is 5.73 Å². The van der Waals surface area contributed by atoms with E-state index in [9.17, 15) is 9.18 Å². The van der Waals surface area contributed by atoms with Crippen LogP contribution in [0.5, 0.6) is 0 Å². The molecule has 0 amide bonds. The Morgan fingerprint density at radius 1 is 1.50 bits per heavy atom. The molecule has 1 aromatic carbocycles. The summed E-state index contributed by atoms with van der Waals surface area (Å²) in [6.45, 7) is 0. The second kappa shape index (κ2) is 4.60. The molecular weight excluding hydrogens is 185 g/mol. The Kier molecular flexibility index (Phi) is 3.45. The third-order valence-corrected chi connectivity index (χ3v) is 1.95. The maximum atomic E-state index is 13.3. The second-order valence-corrected chi connectivity index (χ2v) is 3.07. The van der Waals surface area contributed by atoms with Crippen molar-refractivity contribution in [3.05, 3.63) is 29.6 Å². The van der Waals surface area contributed by atoms with Gasteiger partial charge in [0.1, 0.15) is 5.82 Å². The van der Waals surface area contributed by atoms with Crippen LogP contribution in [0.15, 0.2) is 18.2 Å². The molecule has 14 heavy (non-hydrogen) atoms. The molecule has 0 unspecified atom stereocenters. The van der Waals surface area contributed by atoms with Crippen molar-refractivity contribution in [2.75, 3.05) is 5.73 Å². The molecule has 0 aliphatic carbocycles. The molecule has 3 N–H and O–H groups in total. The summed E-state index contributed by atoms with van der Waals surface area (Å²) in [7, 11) is 0. The van der Waals surface area contributed by atoms with Crippen molar-refractivity contribution in [1.82, 2.24) is 0 Å². The molecule has 0 spiro atoms. The van der Waals surface area contributed by atoms with E-state index in [1.165, 1.54) is 6.07 Å². The summed E-state index contributed by atoms with van der Waals surface area (Å²) >= 11 is 0. The first-order chi connectivity index (χ1) is 6.61. The van der Waals surface area contributed by atoms with E-state index in [1.54, 1.807) is 12.1 Å². The number of hydrogen-bond acceptors (Lipinski definition) is 2. The van der Waals surface area contributed by atoms with E-state index >= 15 is 0 Å². The van der Waals surface area contributed by atoms with Gasteiger partial charge in [-0.05, 0) is 24.5 Å². The fourth-order valence-electron chi connectivity index (χ4n) is 1.22. The molecule has 0 radical (unpaired) electrons. The summed E-state index contributed by atoms with van der Waals surface area (Å²) in [6.07, 6.45) is 0.882. The van der Waals surface area contributed by atoms with Crippen LogP contribution in [-0.4, -0.2) is 11.1 Å². The third kappa shape index (κ3) is 2.73. The van der Waals surface area contributed by atoms with Gasteiger partial charge in [0.15, 0.2) is 0 Å². The summed E-state index contributed by atoms with van der Waals surface area (Å²) in [5.74, 6) is -1.30. The van der Waals surface area contributed by atoms with Crippen molar-refractivity contribution < 1.29 is 14.3 Å². The van der Waals surface area contributed by atoms with Crippen LogP contribution in [0, 0.1) is 5.82 Å². The topological polar surface area (TPSA) is 63.3 Å². The van der Waals surface area contributed by atoms with Crippen LogP contribution in [-0.2, 0) is 11.2 Å². The van der Waals surface area contributed by atoms with Crippen molar-refractivity contribution >= 4 is 11.7 Å². The van der Waals surface area contributed by atoms with E-state index in [2.05, 4.69) is 0 Å². The lowest BCUT2D eigenvalue weighted by molar-refractivity contribution is -0.137. The highest BCUT2D eigenvalue weighted by Crippen LogP contribution is 2.16. The lowest BCUT2D eigenvalue weighted by Crippen LogP contribution is -1.99. The third-order valence-electron chi connectivity index (χ3n) is 1.95. The van der Waals surface area contributed by atoms with E-state index in [0.29, 0.717) is 18.4 Å². The molecule has 1 aromatic rings. The summed E-state index contributed by atoms with van der Waals surface area (Å²) in [4.78, 5) is 10.2. The molecule has 0 saturated heterocycles. The highest BCUT2D eigenvalue weighted by Gasteiger charge is 2.05. The van der Waals surface area contributed by atoms with Gasteiger partial charge in [0.05, 0.1) is 5.69 Å². The number of carboxylic acid groups (broad SMARTS) is 1. The molecule has 0 aliphatic heterocycles. The van der Waals surface area contributed by atoms with Crippen molar-refractivity contribution in [3.8, 4) is 0 Å². The Morgan fingerprint density at radius 2 is 2.21 bits per heavy atom. The molecule has 4 heteroatoms. The molecule has 0 aliphatic rings. The Labute approximate surface area is 81.4 Å². The Morgan fingerprint density at radius 3 is 2.86 bits per heavy atom. The normalized spacial score (nSPS) is 10.1. The summed E-state index contributed by atoms with van der Waals surface area (Å²) < 4.78 is 13.3. The van der Waals surface area contributed by atoms with E-state index in [4.69, 9.17) is 10.8 Å². The van der Waals surface area contributed by atoms with Gasteiger partial charge >= 0.3 is 5.97 Å². The molecule has 0 fully saturated rings. The molecule has 0 bridgehead atoms. The van der Waals surface area contributed by atoms with Crippen LogP contribution in [0.2, 0.25) is 0 Å². The standard InChI is InChI=1S/C10H12FNO2/c11-10-7(3-1-5-8(10)12)4-2-6-9(13)14/h1,3,5H,2,4,6,12H2,(H,13,14). The van der Waals surface area contributed by atoms with Crippen LogP contribution in [0.4, 0.5) is 10.1 Å². The zero-order valence-corrected chi connectivity index (χ0v) is 7.66. The average Bonchev–Trinajstić information content (AvgIpc) is 2.12. The highest BCUT2D eigenvalue weighted by molar-refractivity contribution is 5.66. The number of rotatable bonds is 4.